The van der Waals surface area contributed by atoms with E-state index in [4.69, 9.17) is 0 Å². The summed E-state index contributed by atoms with van der Waals surface area (Å²) in [5.41, 5.74) is 0. The van der Waals surface area contributed by atoms with Crippen LogP contribution in [0.4, 0.5) is 0 Å². The zero-order valence-corrected chi connectivity index (χ0v) is 12.7. The minimum atomic E-state index is -0.371. The largest absolute Gasteiger partial charge is 0.343 e. The molecule has 1 N–H and O–H groups in total. The van der Waals surface area contributed by atoms with Gasteiger partial charge in [0.2, 0.25) is 11.8 Å². The molecule has 0 spiro atoms. The molecule has 0 radical (unpaired) electrons. The van der Waals surface area contributed by atoms with Gasteiger partial charge in [0.15, 0.2) is 0 Å². The predicted octanol–water partition coefficient (Wildman–Crippen LogP) is 2.33. The lowest BCUT2D eigenvalue weighted by Gasteiger charge is -2.36. The van der Waals surface area contributed by atoms with E-state index >= 15 is 0 Å². The van der Waals surface area contributed by atoms with E-state index in [-0.39, 0.29) is 23.9 Å². The van der Waals surface area contributed by atoms with Gasteiger partial charge >= 0.3 is 0 Å². The van der Waals surface area contributed by atoms with Gasteiger partial charge in [-0.1, -0.05) is 39.5 Å². The first-order chi connectivity index (χ1) is 8.93. The Bertz CT molecular complexity index is 315. The van der Waals surface area contributed by atoms with Crippen LogP contribution in [0.15, 0.2) is 0 Å². The summed E-state index contributed by atoms with van der Waals surface area (Å²) in [6.45, 7) is 8.75. The molecule has 1 aliphatic rings. The van der Waals surface area contributed by atoms with E-state index in [0.29, 0.717) is 6.54 Å². The van der Waals surface area contributed by atoms with E-state index in [1.54, 1.807) is 18.7 Å². The van der Waals surface area contributed by atoms with Gasteiger partial charge in [0.25, 0.3) is 0 Å². The Morgan fingerprint density at radius 1 is 1.11 bits per heavy atom. The minimum Gasteiger partial charge on any atom is -0.343 e. The monoisotopic (exact) mass is 268 g/mol. The number of unbranched alkanes of at least 4 members (excludes halogenated alkanes) is 3. The smallest absolute Gasteiger partial charge is 0.245 e. The number of carbonyl (C=O) groups excluding carboxylic acids is 2. The molecule has 0 saturated carbocycles. The molecule has 0 aromatic heterocycles. The number of piperazine rings is 1. The van der Waals surface area contributed by atoms with Crippen molar-refractivity contribution < 1.29 is 9.59 Å². The van der Waals surface area contributed by atoms with Gasteiger partial charge in [0.1, 0.15) is 12.1 Å². The van der Waals surface area contributed by atoms with Crippen LogP contribution in [0, 0.1) is 5.92 Å². The molecule has 4 heteroatoms. The molecule has 2 amide bonds. The number of amides is 2. The first-order valence-electron chi connectivity index (χ1n) is 7.54. The summed E-state index contributed by atoms with van der Waals surface area (Å²) in [7, 11) is 0. The van der Waals surface area contributed by atoms with Crippen molar-refractivity contribution in [2.45, 2.75) is 71.9 Å². The van der Waals surface area contributed by atoms with Gasteiger partial charge in [0.05, 0.1) is 0 Å². The SMILES string of the molecule is CC(C)CCCCCCN1C(=O)C(C)NC(=O)C1C. The van der Waals surface area contributed by atoms with Crippen molar-refractivity contribution in [1.29, 1.82) is 0 Å². The van der Waals surface area contributed by atoms with Gasteiger partial charge in [-0.2, -0.15) is 0 Å². The lowest BCUT2D eigenvalue weighted by atomic mass is 10.0. The van der Waals surface area contributed by atoms with Crippen molar-refractivity contribution in [3.63, 3.8) is 0 Å². The van der Waals surface area contributed by atoms with Crippen molar-refractivity contribution in [3.8, 4) is 0 Å². The number of hydrogen-bond acceptors (Lipinski definition) is 2. The number of nitrogens with one attached hydrogen (secondary N) is 1. The van der Waals surface area contributed by atoms with Crippen molar-refractivity contribution in [3.05, 3.63) is 0 Å². The Hall–Kier alpha value is -1.06. The first kappa shape index (κ1) is 16.0. The van der Waals surface area contributed by atoms with Crippen molar-refractivity contribution >= 4 is 11.8 Å². The average molecular weight is 268 g/mol. The molecule has 2 unspecified atom stereocenters. The van der Waals surface area contributed by atoms with Gasteiger partial charge in [-0.05, 0) is 26.2 Å². The van der Waals surface area contributed by atoms with E-state index in [2.05, 4.69) is 19.2 Å². The zero-order valence-electron chi connectivity index (χ0n) is 12.7. The highest BCUT2D eigenvalue weighted by molar-refractivity contribution is 5.96. The number of rotatable bonds is 7. The van der Waals surface area contributed by atoms with Gasteiger partial charge in [-0.15, -0.1) is 0 Å². The van der Waals surface area contributed by atoms with Gasteiger partial charge in [-0.25, -0.2) is 0 Å². The molecule has 1 fully saturated rings. The summed E-state index contributed by atoms with van der Waals surface area (Å²) in [5.74, 6) is 0.787. The van der Waals surface area contributed by atoms with E-state index < -0.39 is 0 Å². The predicted molar refractivity (Wildman–Crippen MR) is 76.7 cm³/mol. The second kappa shape index (κ2) is 7.51. The topological polar surface area (TPSA) is 49.4 Å². The quantitative estimate of drug-likeness (QED) is 0.720. The summed E-state index contributed by atoms with van der Waals surface area (Å²) < 4.78 is 0. The molecule has 0 aromatic carbocycles. The lowest BCUT2D eigenvalue weighted by molar-refractivity contribution is -0.148. The minimum absolute atomic E-state index is 0.0353. The Morgan fingerprint density at radius 3 is 2.37 bits per heavy atom. The molecule has 0 bridgehead atoms. The third-order valence-corrected chi connectivity index (χ3v) is 3.79. The maximum Gasteiger partial charge on any atom is 0.245 e. The number of nitrogens with zero attached hydrogens (tertiary/aromatic N) is 1. The highest BCUT2D eigenvalue weighted by atomic mass is 16.2. The van der Waals surface area contributed by atoms with Crippen LogP contribution in [0.2, 0.25) is 0 Å². The molecule has 1 heterocycles. The summed E-state index contributed by atoms with van der Waals surface area (Å²) in [5, 5.41) is 2.70. The molecule has 4 nitrogen and oxygen atoms in total. The van der Waals surface area contributed by atoms with E-state index in [9.17, 15) is 9.59 Å². The number of carbonyl (C=O) groups is 2. The highest BCUT2D eigenvalue weighted by Crippen LogP contribution is 2.13. The Morgan fingerprint density at radius 2 is 1.74 bits per heavy atom. The molecule has 2 atom stereocenters. The number of hydrogen-bond donors (Lipinski definition) is 1. The van der Waals surface area contributed by atoms with Crippen LogP contribution in [0.5, 0.6) is 0 Å². The molecule has 0 aliphatic carbocycles. The van der Waals surface area contributed by atoms with Crippen molar-refractivity contribution in [2.24, 2.45) is 5.92 Å². The second-order valence-electron chi connectivity index (χ2n) is 6.03. The highest BCUT2D eigenvalue weighted by Gasteiger charge is 2.34. The van der Waals surface area contributed by atoms with Crippen LogP contribution in [0.1, 0.15) is 59.8 Å². The third-order valence-electron chi connectivity index (χ3n) is 3.79. The fourth-order valence-electron chi connectivity index (χ4n) is 2.47. The van der Waals surface area contributed by atoms with Crippen LogP contribution in [0.3, 0.4) is 0 Å². The summed E-state index contributed by atoms with van der Waals surface area (Å²) >= 11 is 0. The fraction of sp³-hybridized carbons (Fsp3) is 0.867. The maximum atomic E-state index is 12.0. The van der Waals surface area contributed by atoms with Crippen LogP contribution < -0.4 is 5.32 Å². The van der Waals surface area contributed by atoms with E-state index in [0.717, 1.165) is 18.8 Å². The lowest BCUT2D eigenvalue weighted by Crippen LogP contribution is -2.61. The summed E-state index contributed by atoms with van der Waals surface area (Å²) in [4.78, 5) is 25.4. The third kappa shape index (κ3) is 4.84. The van der Waals surface area contributed by atoms with Crippen LogP contribution in [0.25, 0.3) is 0 Å². The normalized spacial score (nSPS) is 23.9. The van der Waals surface area contributed by atoms with E-state index in [1.807, 2.05) is 0 Å². The fourth-order valence-corrected chi connectivity index (χ4v) is 2.47. The summed E-state index contributed by atoms with van der Waals surface area (Å²) in [6.07, 6.45) is 5.89. The van der Waals surface area contributed by atoms with Gasteiger partial charge in [-0.3, -0.25) is 9.59 Å². The van der Waals surface area contributed by atoms with Crippen LogP contribution in [-0.2, 0) is 9.59 Å². The summed E-state index contributed by atoms with van der Waals surface area (Å²) in [6, 6.07) is -0.691. The van der Waals surface area contributed by atoms with Crippen LogP contribution >= 0.6 is 0 Å². The van der Waals surface area contributed by atoms with E-state index in [1.165, 1.54) is 19.3 Å². The Kier molecular flexibility index (Phi) is 6.32. The Balaban J connectivity index is 2.27. The first-order valence-corrected chi connectivity index (χ1v) is 7.54. The van der Waals surface area contributed by atoms with Gasteiger partial charge in [0, 0.05) is 6.54 Å². The van der Waals surface area contributed by atoms with Crippen molar-refractivity contribution in [2.75, 3.05) is 6.54 Å². The molecule has 19 heavy (non-hydrogen) atoms. The molecule has 1 saturated heterocycles. The molecular weight excluding hydrogens is 240 g/mol. The zero-order chi connectivity index (χ0) is 14.4. The molecule has 110 valence electrons. The van der Waals surface area contributed by atoms with Crippen LogP contribution in [-0.4, -0.2) is 35.3 Å². The molecule has 1 aliphatic heterocycles. The van der Waals surface area contributed by atoms with Gasteiger partial charge < -0.3 is 10.2 Å². The average Bonchev–Trinajstić information content (AvgIpc) is 2.34. The molecule has 1 rings (SSSR count). The van der Waals surface area contributed by atoms with Crippen molar-refractivity contribution in [1.82, 2.24) is 10.2 Å². The Labute approximate surface area is 116 Å². The maximum absolute atomic E-state index is 12.0. The second-order valence-corrected chi connectivity index (χ2v) is 6.03. The molecule has 0 aromatic rings. The standard InChI is InChI=1S/C15H28N2O2/c1-11(2)9-7-5-6-8-10-17-13(4)14(18)16-12(3)15(17)19/h11-13H,5-10H2,1-4H3,(H,16,18). The molecular formula is C15H28N2O2.